The van der Waals surface area contributed by atoms with E-state index in [-0.39, 0.29) is 31.1 Å². The lowest BCUT2D eigenvalue weighted by Crippen LogP contribution is -2.30. The first-order valence-corrected chi connectivity index (χ1v) is 32.7. The van der Waals surface area contributed by atoms with Gasteiger partial charge in [0.05, 0.1) is 0 Å². The normalized spacial score (nSPS) is 12.9. The smallest absolute Gasteiger partial charge is 0.306 e. The third-order valence-electron chi connectivity index (χ3n) is 15.9. The van der Waals surface area contributed by atoms with Crippen LogP contribution in [-0.2, 0) is 28.6 Å². The number of carbonyl (C=O) groups is 3. The second kappa shape index (κ2) is 57.1. The second-order valence-electron chi connectivity index (χ2n) is 23.7. The number of unbranched alkanes of at least 4 members (excludes halogenated alkanes) is 40. The van der Waals surface area contributed by atoms with Crippen molar-refractivity contribution in [2.75, 3.05) is 13.2 Å². The predicted octanol–water partition coefficient (Wildman–Crippen LogP) is 21.8. The highest BCUT2D eigenvalue weighted by molar-refractivity contribution is 5.71. The number of esters is 3. The van der Waals surface area contributed by atoms with E-state index < -0.39 is 6.10 Å². The van der Waals surface area contributed by atoms with E-state index in [1.54, 1.807) is 0 Å². The number of hydrogen-bond donors (Lipinski definition) is 0. The molecule has 0 spiro atoms. The van der Waals surface area contributed by atoms with Crippen molar-refractivity contribution in [2.45, 2.75) is 375 Å². The molecule has 0 amide bonds. The van der Waals surface area contributed by atoms with E-state index in [2.05, 4.69) is 41.5 Å². The van der Waals surface area contributed by atoms with Crippen LogP contribution in [0.2, 0.25) is 0 Å². The van der Waals surface area contributed by atoms with E-state index in [1.165, 1.54) is 250 Å². The lowest BCUT2D eigenvalue weighted by molar-refractivity contribution is -0.167. The summed E-state index contributed by atoms with van der Waals surface area (Å²) in [6.07, 6.45) is 62.4. The highest BCUT2D eigenvalue weighted by Crippen LogP contribution is 2.20. The largest absolute Gasteiger partial charge is 0.462 e. The fourth-order valence-corrected chi connectivity index (χ4v) is 10.2. The zero-order valence-electron chi connectivity index (χ0n) is 49.7. The van der Waals surface area contributed by atoms with Crippen molar-refractivity contribution >= 4 is 17.9 Å². The van der Waals surface area contributed by atoms with Crippen molar-refractivity contribution in [2.24, 2.45) is 17.8 Å². The van der Waals surface area contributed by atoms with Gasteiger partial charge in [-0.05, 0) is 37.0 Å². The molecule has 0 aliphatic carbocycles. The van der Waals surface area contributed by atoms with Crippen LogP contribution in [0.5, 0.6) is 0 Å². The van der Waals surface area contributed by atoms with Crippen LogP contribution in [0.1, 0.15) is 369 Å². The molecule has 0 aromatic heterocycles. The fourth-order valence-electron chi connectivity index (χ4n) is 10.2. The van der Waals surface area contributed by atoms with Gasteiger partial charge in [0.1, 0.15) is 13.2 Å². The van der Waals surface area contributed by atoms with Crippen LogP contribution in [0.15, 0.2) is 0 Å². The maximum Gasteiger partial charge on any atom is 0.306 e. The molecule has 0 aromatic carbocycles. The van der Waals surface area contributed by atoms with Crippen molar-refractivity contribution in [1.29, 1.82) is 0 Å². The van der Waals surface area contributed by atoms with Gasteiger partial charge in [-0.25, -0.2) is 0 Å². The molecule has 0 radical (unpaired) electrons. The Morgan fingerprint density at radius 2 is 0.486 bits per heavy atom. The Kier molecular flexibility index (Phi) is 55.9. The number of ether oxygens (including phenoxy) is 3. The Labute approximate surface area is 450 Å². The molecule has 0 bridgehead atoms. The fraction of sp³-hybridized carbons (Fsp3) is 0.955. The van der Waals surface area contributed by atoms with Gasteiger partial charge in [-0.2, -0.15) is 0 Å². The molecule has 0 aliphatic heterocycles. The van der Waals surface area contributed by atoms with E-state index in [0.717, 1.165) is 75.5 Å². The summed E-state index contributed by atoms with van der Waals surface area (Å²) in [7, 11) is 0. The predicted molar refractivity (Wildman–Crippen MR) is 312 cm³/mol. The van der Waals surface area contributed by atoms with Crippen LogP contribution in [0.3, 0.4) is 0 Å². The molecule has 2 unspecified atom stereocenters. The molecule has 0 aliphatic rings. The third-order valence-corrected chi connectivity index (χ3v) is 15.9. The summed E-state index contributed by atoms with van der Waals surface area (Å²) in [6, 6.07) is 0. The van der Waals surface area contributed by atoms with Gasteiger partial charge in [0.2, 0.25) is 0 Å². The SMILES string of the molecule is CCC(C)CCCCCCCCCCCCCCCCCCCCC(=O)OC[C@H](COC(=O)CCCCCCCCCCCCCCCCCC(C)C)OC(=O)CCCCCCCCCCCCC(C)CC. The van der Waals surface area contributed by atoms with Gasteiger partial charge >= 0.3 is 17.9 Å². The molecule has 72 heavy (non-hydrogen) atoms. The maximum absolute atomic E-state index is 12.9. The van der Waals surface area contributed by atoms with E-state index in [0.29, 0.717) is 19.3 Å². The quantitative estimate of drug-likeness (QED) is 0.0343. The van der Waals surface area contributed by atoms with Gasteiger partial charge in [-0.1, -0.05) is 330 Å². The lowest BCUT2D eigenvalue weighted by atomic mass is 9.99. The molecule has 0 fully saturated rings. The van der Waals surface area contributed by atoms with Crippen LogP contribution < -0.4 is 0 Å². The minimum absolute atomic E-state index is 0.0627. The first-order valence-electron chi connectivity index (χ1n) is 32.7. The van der Waals surface area contributed by atoms with Gasteiger partial charge in [0.25, 0.3) is 0 Å². The van der Waals surface area contributed by atoms with E-state index >= 15 is 0 Å². The Balaban J connectivity index is 4.25. The van der Waals surface area contributed by atoms with E-state index in [4.69, 9.17) is 14.2 Å². The van der Waals surface area contributed by atoms with E-state index in [9.17, 15) is 14.4 Å². The van der Waals surface area contributed by atoms with Gasteiger partial charge in [-0.15, -0.1) is 0 Å². The van der Waals surface area contributed by atoms with E-state index in [1.807, 2.05) is 0 Å². The zero-order valence-corrected chi connectivity index (χ0v) is 49.7. The molecule has 0 rings (SSSR count). The molecule has 0 saturated heterocycles. The van der Waals surface area contributed by atoms with Crippen LogP contribution >= 0.6 is 0 Å². The maximum atomic E-state index is 12.9. The molecule has 0 aromatic rings. The Morgan fingerprint density at radius 3 is 0.722 bits per heavy atom. The lowest BCUT2D eigenvalue weighted by Gasteiger charge is -2.18. The molecule has 6 nitrogen and oxygen atoms in total. The Bertz CT molecular complexity index is 1120. The minimum atomic E-state index is -0.765. The topological polar surface area (TPSA) is 78.9 Å². The first-order chi connectivity index (χ1) is 35.2. The van der Waals surface area contributed by atoms with Crippen LogP contribution in [0, 0.1) is 17.8 Å². The summed E-state index contributed by atoms with van der Waals surface area (Å²) >= 11 is 0. The molecular weight excluding hydrogens is 889 g/mol. The van der Waals surface area contributed by atoms with Gasteiger partial charge in [0, 0.05) is 19.3 Å². The van der Waals surface area contributed by atoms with Crippen molar-refractivity contribution < 1.29 is 28.6 Å². The summed E-state index contributed by atoms with van der Waals surface area (Å²) in [5, 5.41) is 0. The molecule has 0 N–H and O–H groups in total. The number of rotatable bonds is 59. The van der Waals surface area contributed by atoms with Crippen molar-refractivity contribution in [3.8, 4) is 0 Å². The highest BCUT2D eigenvalue weighted by atomic mass is 16.6. The molecule has 428 valence electrons. The summed E-state index contributed by atoms with van der Waals surface area (Å²) in [4.78, 5) is 38.3. The summed E-state index contributed by atoms with van der Waals surface area (Å²) in [5.74, 6) is 1.79. The average Bonchev–Trinajstić information content (AvgIpc) is 3.37. The summed E-state index contributed by atoms with van der Waals surface area (Å²) < 4.78 is 17.0. The summed E-state index contributed by atoms with van der Waals surface area (Å²) in [6.45, 7) is 13.9. The summed E-state index contributed by atoms with van der Waals surface area (Å²) in [5.41, 5.74) is 0. The molecular formula is C66H128O6. The van der Waals surface area contributed by atoms with Gasteiger partial charge in [0.15, 0.2) is 6.10 Å². The molecule has 3 atom stereocenters. The second-order valence-corrected chi connectivity index (χ2v) is 23.7. The first kappa shape index (κ1) is 70.4. The van der Waals surface area contributed by atoms with Crippen molar-refractivity contribution in [3.05, 3.63) is 0 Å². The Hall–Kier alpha value is -1.59. The average molecular weight is 1020 g/mol. The monoisotopic (exact) mass is 1020 g/mol. The van der Waals surface area contributed by atoms with Gasteiger partial charge in [-0.3, -0.25) is 14.4 Å². The zero-order chi connectivity index (χ0) is 52.6. The highest BCUT2D eigenvalue weighted by Gasteiger charge is 2.20. The molecule has 6 heteroatoms. The number of hydrogen-bond acceptors (Lipinski definition) is 6. The standard InChI is InChI=1S/C66H128O6/c1-7-61(5)53-47-41-35-29-23-19-15-11-9-10-12-16-20-24-31-37-43-49-55-64(67)70-58-63(72-66(69)57-51-45-39-33-27-26-30-36-42-48-54-62(6)8-2)59-71-65(68)56-50-44-38-32-25-21-17-13-14-18-22-28-34-40-46-52-60(3)4/h60-63H,7-59H2,1-6H3/t61?,62?,63-/m1/s1. The minimum Gasteiger partial charge on any atom is -0.462 e. The van der Waals surface area contributed by atoms with Crippen LogP contribution in [-0.4, -0.2) is 37.2 Å². The molecule has 0 saturated carbocycles. The van der Waals surface area contributed by atoms with Crippen LogP contribution in [0.25, 0.3) is 0 Å². The van der Waals surface area contributed by atoms with Gasteiger partial charge < -0.3 is 14.2 Å². The van der Waals surface area contributed by atoms with Crippen molar-refractivity contribution in [1.82, 2.24) is 0 Å². The van der Waals surface area contributed by atoms with Crippen molar-refractivity contribution in [3.63, 3.8) is 0 Å². The Morgan fingerprint density at radius 1 is 0.278 bits per heavy atom. The molecule has 0 heterocycles. The third kappa shape index (κ3) is 56.1. The number of carbonyl (C=O) groups excluding carboxylic acids is 3. The van der Waals surface area contributed by atoms with Crippen LogP contribution in [0.4, 0.5) is 0 Å².